The minimum atomic E-state index is -4.65. The molecule has 1 aromatic carbocycles. The van der Waals surface area contributed by atoms with Gasteiger partial charge in [-0.05, 0) is 43.9 Å². The fourth-order valence-corrected chi connectivity index (χ4v) is 4.66. The van der Waals surface area contributed by atoms with Crippen LogP contribution in [0.3, 0.4) is 0 Å². The third-order valence-corrected chi connectivity index (χ3v) is 6.04. The van der Waals surface area contributed by atoms with Gasteiger partial charge in [-0.2, -0.15) is 13.2 Å². The average Bonchev–Trinajstić information content (AvgIpc) is 3.20. The molecule has 1 aromatic heterocycles. The Hall–Kier alpha value is -2.12. The number of carbonyl (C=O) groups is 1. The molecule has 2 N–H and O–H groups in total. The van der Waals surface area contributed by atoms with Crippen LogP contribution < -0.4 is 10.6 Å². The number of alkyl halides is 3. The summed E-state index contributed by atoms with van der Waals surface area (Å²) in [6, 6.07) is 8.14. The summed E-state index contributed by atoms with van der Waals surface area (Å²) in [6.45, 7) is 2.83. The van der Waals surface area contributed by atoms with Crippen molar-refractivity contribution in [1.29, 1.82) is 0 Å². The highest BCUT2D eigenvalue weighted by Crippen LogP contribution is 2.51. The zero-order chi connectivity index (χ0) is 20.1. The van der Waals surface area contributed by atoms with Crippen LogP contribution in [0.1, 0.15) is 46.1 Å². The topological polar surface area (TPSA) is 54.0 Å². The maximum Gasteiger partial charge on any atom is 0.417 e. The summed E-state index contributed by atoms with van der Waals surface area (Å²) < 4.78 is 39.4. The summed E-state index contributed by atoms with van der Waals surface area (Å²) in [5.41, 5.74) is 0.172. The van der Waals surface area contributed by atoms with E-state index in [4.69, 9.17) is 11.6 Å². The first kappa shape index (κ1) is 19.2. The minimum absolute atomic E-state index is 0.289. The molecule has 1 aliphatic carbocycles. The van der Waals surface area contributed by atoms with E-state index in [9.17, 15) is 18.0 Å². The van der Waals surface area contributed by atoms with Crippen LogP contribution >= 0.6 is 11.6 Å². The molecule has 3 fully saturated rings. The van der Waals surface area contributed by atoms with Gasteiger partial charge in [0, 0.05) is 11.7 Å². The maximum atomic E-state index is 13.1. The number of hydrogen-bond acceptors (Lipinski definition) is 3. The number of rotatable bonds is 4. The summed E-state index contributed by atoms with van der Waals surface area (Å²) in [4.78, 5) is 16.7. The first-order chi connectivity index (χ1) is 13.2. The standard InChI is InChI=1S/C20H19ClF3N3O/c1-11-3-2-4-13(7-11)17(19-8-12(9-19)10-26-19)27-18(28)16-15(21)14(5-6-25-16)20(22,23)24/h2-7,12,17,26H,8-10H2,1H3,(H,27,28). The van der Waals surface area contributed by atoms with Crippen molar-refractivity contribution in [3.63, 3.8) is 0 Å². The van der Waals surface area contributed by atoms with E-state index in [1.165, 1.54) is 0 Å². The summed E-state index contributed by atoms with van der Waals surface area (Å²) in [7, 11) is 0. The number of hydrogen-bond donors (Lipinski definition) is 2. The molecule has 5 rings (SSSR count). The van der Waals surface area contributed by atoms with E-state index < -0.39 is 28.4 Å². The van der Waals surface area contributed by atoms with Gasteiger partial charge in [0.1, 0.15) is 5.69 Å². The lowest BCUT2D eigenvalue weighted by Crippen LogP contribution is -2.55. The van der Waals surface area contributed by atoms with E-state index in [0.29, 0.717) is 5.92 Å². The lowest BCUT2D eigenvalue weighted by molar-refractivity contribution is -0.137. The van der Waals surface area contributed by atoms with Crippen molar-refractivity contribution in [3.05, 3.63) is 63.9 Å². The molecule has 28 heavy (non-hydrogen) atoms. The van der Waals surface area contributed by atoms with E-state index >= 15 is 0 Å². The molecule has 2 aliphatic heterocycles. The highest BCUT2D eigenvalue weighted by atomic mass is 35.5. The molecule has 148 valence electrons. The van der Waals surface area contributed by atoms with E-state index in [1.807, 2.05) is 31.2 Å². The lowest BCUT2D eigenvalue weighted by Gasteiger charge is -2.44. The van der Waals surface area contributed by atoms with Crippen molar-refractivity contribution in [3.8, 4) is 0 Å². The largest absolute Gasteiger partial charge is 0.417 e. The number of carbonyl (C=O) groups excluding carboxylic acids is 1. The van der Waals surface area contributed by atoms with Crippen LogP contribution in [-0.2, 0) is 6.18 Å². The van der Waals surface area contributed by atoms with Crippen LogP contribution in [0.2, 0.25) is 5.02 Å². The van der Waals surface area contributed by atoms with E-state index in [1.54, 1.807) is 0 Å². The van der Waals surface area contributed by atoms with Crippen molar-refractivity contribution in [2.45, 2.75) is 37.5 Å². The Morgan fingerprint density at radius 3 is 2.71 bits per heavy atom. The Kier molecular flexibility index (Phi) is 4.62. The van der Waals surface area contributed by atoms with Gasteiger partial charge in [0.15, 0.2) is 0 Å². The number of benzene rings is 1. The number of halogens is 4. The SMILES string of the molecule is Cc1cccc(C(NC(=O)c2nccc(C(F)(F)F)c2Cl)C23CC(CN2)C3)c1. The van der Waals surface area contributed by atoms with Gasteiger partial charge < -0.3 is 10.6 Å². The molecular weight excluding hydrogens is 391 g/mol. The predicted octanol–water partition coefficient (Wildman–Crippen LogP) is 4.29. The second-order valence-corrected chi connectivity index (χ2v) is 8.03. The average molecular weight is 410 g/mol. The Labute approximate surface area is 165 Å². The Morgan fingerprint density at radius 1 is 1.36 bits per heavy atom. The molecule has 4 nitrogen and oxygen atoms in total. The predicted molar refractivity (Wildman–Crippen MR) is 99.1 cm³/mol. The van der Waals surface area contributed by atoms with Gasteiger partial charge in [-0.1, -0.05) is 41.4 Å². The second kappa shape index (κ2) is 6.74. The van der Waals surface area contributed by atoms with Crippen molar-refractivity contribution in [2.75, 3.05) is 6.54 Å². The molecule has 3 heterocycles. The molecule has 1 unspecified atom stereocenters. The number of amides is 1. The maximum absolute atomic E-state index is 13.1. The van der Waals surface area contributed by atoms with Gasteiger partial charge in [0.05, 0.1) is 16.6 Å². The smallest absolute Gasteiger partial charge is 0.342 e. The summed E-state index contributed by atoms with van der Waals surface area (Å²) in [5, 5.41) is 5.70. The van der Waals surface area contributed by atoms with Crippen LogP contribution in [0.25, 0.3) is 0 Å². The van der Waals surface area contributed by atoms with Gasteiger partial charge in [-0.15, -0.1) is 0 Å². The minimum Gasteiger partial charge on any atom is -0.342 e. The van der Waals surface area contributed by atoms with E-state index in [-0.39, 0.29) is 11.6 Å². The molecule has 3 aliphatic rings. The monoisotopic (exact) mass is 409 g/mol. The number of fused-ring (bicyclic) bond motifs is 1. The number of pyridine rings is 1. The zero-order valence-corrected chi connectivity index (χ0v) is 15.9. The summed E-state index contributed by atoms with van der Waals surface area (Å²) in [5.74, 6) is -0.145. The fraction of sp³-hybridized carbons (Fsp3) is 0.400. The van der Waals surface area contributed by atoms with Gasteiger partial charge in [0.2, 0.25) is 0 Å². The van der Waals surface area contributed by atoms with Gasteiger partial charge in [-0.25, -0.2) is 4.98 Å². The molecule has 0 radical (unpaired) electrons. The molecule has 2 saturated heterocycles. The molecular formula is C20H19ClF3N3O. The quantitative estimate of drug-likeness (QED) is 0.792. The third kappa shape index (κ3) is 3.26. The highest BCUT2D eigenvalue weighted by molar-refractivity contribution is 6.34. The number of aryl methyl sites for hydroxylation is 1. The van der Waals surface area contributed by atoms with Crippen molar-refractivity contribution >= 4 is 17.5 Å². The zero-order valence-electron chi connectivity index (χ0n) is 15.1. The molecule has 1 saturated carbocycles. The van der Waals surface area contributed by atoms with Gasteiger partial charge in [-0.3, -0.25) is 4.79 Å². The number of aromatic nitrogens is 1. The molecule has 1 amide bonds. The Balaban J connectivity index is 1.67. The summed E-state index contributed by atoms with van der Waals surface area (Å²) >= 11 is 5.89. The Bertz CT molecular complexity index is 920. The van der Waals surface area contributed by atoms with Crippen LogP contribution in [0.5, 0.6) is 0 Å². The molecule has 1 atom stereocenters. The number of nitrogens with zero attached hydrogens (tertiary/aromatic N) is 1. The van der Waals surface area contributed by atoms with Crippen LogP contribution in [0.15, 0.2) is 36.5 Å². The van der Waals surface area contributed by atoms with Gasteiger partial charge >= 0.3 is 6.18 Å². The van der Waals surface area contributed by atoms with Crippen LogP contribution in [-0.4, -0.2) is 23.0 Å². The van der Waals surface area contributed by atoms with Crippen molar-refractivity contribution < 1.29 is 18.0 Å². The van der Waals surface area contributed by atoms with E-state index in [2.05, 4.69) is 15.6 Å². The first-order valence-electron chi connectivity index (χ1n) is 9.04. The normalized spacial score (nSPS) is 24.5. The third-order valence-electron chi connectivity index (χ3n) is 5.66. The number of nitrogens with one attached hydrogen (secondary N) is 2. The van der Waals surface area contributed by atoms with Crippen molar-refractivity contribution in [1.82, 2.24) is 15.6 Å². The Morgan fingerprint density at radius 2 is 2.11 bits per heavy atom. The van der Waals surface area contributed by atoms with Crippen LogP contribution in [0, 0.1) is 12.8 Å². The van der Waals surface area contributed by atoms with Crippen molar-refractivity contribution in [2.24, 2.45) is 5.92 Å². The van der Waals surface area contributed by atoms with E-state index in [0.717, 1.165) is 42.8 Å². The first-order valence-corrected chi connectivity index (χ1v) is 9.41. The molecule has 2 bridgehead atoms. The highest BCUT2D eigenvalue weighted by Gasteiger charge is 2.55. The van der Waals surface area contributed by atoms with Gasteiger partial charge in [0.25, 0.3) is 5.91 Å². The molecule has 2 aromatic rings. The fourth-order valence-electron chi connectivity index (χ4n) is 4.36. The van der Waals surface area contributed by atoms with Crippen LogP contribution in [0.4, 0.5) is 13.2 Å². The summed E-state index contributed by atoms with van der Waals surface area (Å²) in [6.07, 6.45) is -1.88. The lowest BCUT2D eigenvalue weighted by atomic mass is 9.67. The second-order valence-electron chi connectivity index (χ2n) is 7.65. The molecule has 0 spiro atoms. The molecule has 8 heteroatoms.